The van der Waals surface area contributed by atoms with E-state index in [0.29, 0.717) is 12.5 Å². The van der Waals surface area contributed by atoms with Gasteiger partial charge in [-0.05, 0) is 37.5 Å². The Hall–Kier alpha value is -0.600. The largest absolute Gasteiger partial charge is 0.478 e. The van der Waals surface area contributed by atoms with E-state index in [1.807, 2.05) is 6.92 Å². The van der Waals surface area contributed by atoms with E-state index in [4.69, 9.17) is 4.52 Å². The molecule has 2 rings (SSSR count). The van der Waals surface area contributed by atoms with E-state index in [0.717, 1.165) is 19.3 Å². The van der Waals surface area contributed by atoms with E-state index in [1.165, 1.54) is 0 Å². The number of hydrogen-bond acceptors (Lipinski definition) is 3. The van der Waals surface area contributed by atoms with Gasteiger partial charge < -0.3 is 9.63 Å². The number of carboxylic acids is 1. The lowest BCUT2D eigenvalue weighted by molar-refractivity contribution is -0.132. The molecule has 0 saturated heterocycles. The average Bonchev–Trinajstić information content (AvgIpc) is 3.17. The van der Waals surface area contributed by atoms with Crippen LogP contribution in [0, 0.1) is 11.3 Å². The predicted molar refractivity (Wildman–Crippen MR) is 74.7 cm³/mol. The van der Waals surface area contributed by atoms with E-state index in [2.05, 4.69) is 13.8 Å². The lowest BCUT2D eigenvalue weighted by atomic mass is 10.2. The summed E-state index contributed by atoms with van der Waals surface area (Å²) in [6.45, 7) is 6.32. The first-order valence-corrected chi connectivity index (χ1v) is 8.83. The fourth-order valence-electron chi connectivity index (χ4n) is 2.55. The minimum Gasteiger partial charge on any atom is -0.478 e. The van der Waals surface area contributed by atoms with Crippen LogP contribution in [0.2, 0.25) is 0 Å². The van der Waals surface area contributed by atoms with Crippen molar-refractivity contribution >= 4 is 13.3 Å². The maximum absolute atomic E-state index is 13.0. The third kappa shape index (κ3) is 3.49. The summed E-state index contributed by atoms with van der Waals surface area (Å²) >= 11 is 0. The standard InChI is InChI=1S/C14H23O4P/c1-4-18-19(17,12-8-14(12,2)3)9-11(13(15)16)7-10-5-6-10/h7,10,12H,4-6,8-9H2,1-3H3,(H,15,16)/b11-7+. The molecule has 2 aliphatic rings. The van der Waals surface area contributed by atoms with Crippen molar-refractivity contribution in [3.05, 3.63) is 11.6 Å². The normalized spacial score (nSPS) is 28.8. The molecule has 5 heteroatoms. The molecule has 0 aromatic carbocycles. The maximum Gasteiger partial charge on any atom is 0.331 e. The van der Waals surface area contributed by atoms with Gasteiger partial charge in [-0.3, -0.25) is 4.57 Å². The highest BCUT2D eigenvalue weighted by atomic mass is 31.2. The fourth-order valence-corrected chi connectivity index (χ4v) is 6.01. The molecule has 0 heterocycles. The van der Waals surface area contributed by atoms with Gasteiger partial charge in [0.25, 0.3) is 0 Å². The molecule has 1 N–H and O–H groups in total. The van der Waals surface area contributed by atoms with Crippen molar-refractivity contribution in [2.75, 3.05) is 12.8 Å². The summed E-state index contributed by atoms with van der Waals surface area (Å²) in [6, 6.07) is 0. The molecular formula is C14H23O4P. The van der Waals surface area contributed by atoms with Crippen molar-refractivity contribution < 1.29 is 19.0 Å². The van der Waals surface area contributed by atoms with Crippen molar-refractivity contribution in [2.45, 2.75) is 45.7 Å². The monoisotopic (exact) mass is 286 g/mol. The summed E-state index contributed by atoms with van der Waals surface area (Å²) in [6.07, 6.45) is 4.82. The van der Waals surface area contributed by atoms with E-state index >= 15 is 0 Å². The number of aliphatic carboxylic acids is 1. The minimum absolute atomic E-state index is 0.0157. The fraction of sp³-hybridized carbons (Fsp3) is 0.786. The first-order valence-electron chi connectivity index (χ1n) is 6.96. The van der Waals surface area contributed by atoms with Crippen LogP contribution in [0.25, 0.3) is 0 Å². The number of carboxylic acid groups (broad SMARTS) is 1. The van der Waals surface area contributed by atoms with Crippen molar-refractivity contribution in [3.63, 3.8) is 0 Å². The van der Waals surface area contributed by atoms with Crippen molar-refractivity contribution in [2.24, 2.45) is 11.3 Å². The number of hydrogen-bond donors (Lipinski definition) is 1. The molecule has 2 fully saturated rings. The van der Waals surface area contributed by atoms with Crippen molar-refractivity contribution in [1.82, 2.24) is 0 Å². The Kier molecular flexibility index (Phi) is 3.95. The second kappa shape index (κ2) is 5.06. The Morgan fingerprint density at radius 3 is 2.42 bits per heavy atom. The lowest BCUT2D eigenvalue weighted by Gasteiger charge is -2.20. The summed E-state index contributed by atoms with van der Waals surface area (Å²) in [7, 11) is -2.89. The van der Waals surface area contributed by atoms with Crippen LogP contribution in [0.15, 0.2) is 11.6 Å². The zero-order chi connectivity index (χ0) is 14.3. The predicted octanol–water partition coefficient (Wildman–Crippen LogP) is 3.52. The smallest absolute Gasteiger partial charge is 0.331 e. The van der Waals surface area contributed by atoms with E-state index in [9.17, 15) is 14.5 Å². The van der Waals surface area contributed by atoms with Gasteiger partial charge in [0.05, 0.1) is 12.8 Å². The second-order valence-corrected chi connectivity index (χ2v) is 9.00. The quantitative estimate of drug-likeness (QED) is 0.574. The molecule has 0 aromatic heterocycles. The SMILES string of the molecule is CCOP(=O)(C/C(=C\C1CC1)C(=O)O)C1CC1(C)C. The molecule has 2 unspecified atom stereocenters. The second-order valence-electron chi connectivity index (χ2n) is 6.35. The zero-order valence-electron chi connectivity index (χ0n) is 11.9. The van der Waals surface area contributed by atoms with Crippen LogP contribution in [-0.4, -0.2) is 29.5 Å². The Bertz CT molecular complexity index is 448. The van der Waals surface area contributed by atoms with Crippen molar-refractivity contribution in [3.8, 4) is 0 Å². The minimum atomic E-state index is -2.89. The van der Waals surface area contributed by atoms with Crippen LogP contribution in [0.3, 0.4) is 0 Å². The molecule has 2 saturated carbocycles. The highest BCUT2D eigenvalue weighted by Gasteiger charge is 2.57. The van der Waals surface area contributed by atoms with Crippen LogP contribution >= 0.6 is 7.37 Å². The molecular weight excluding hydrogens is 263 g/mol. The summed E-state index contributed by atoms with van der Waals surface area (Å²) in [5, 5.41) is 9.27. The molecule has 0 spiro atoms. The summed E-state index contributed by atoms with van der Waals surface area (Å²) in [4.78, 5) is 11.3. The molecule has 108 valence electrons. The number of carbonyl (C=O) groups is 1. The number of allylic oxidation sites excluding steroid dienone is 1. The van der Waals surface area contributed by atoms with Gasteiger partial charge in [-0.1, -0.05) is 19.9 Å². The van der Waals surface area contributed by atoms with Gasteiger partial charge in [0.1, 0.15) is 0 Å². The van der Waals surface area contributed by atoms with Crippen LogP contribution in [0.1, 0.15) is 40.0 Å². The molecule has 0 amide bonds. The van der Waals surface area contributed by atoms with E-state index in [-0.39, 0.29) is 22.8 Å². The van der Waals surface area contributed by atoms with Crippen LogP contribution in [0.5, 0.6) is 0 Å². The first kappa shape index (κ1) is 14.8. The molecule has 4 nitrogen and oxygen atoms in total. The molecule has 0 aliphatic heterocycles. The van der Waals surface area contributed by atoms with Gasteiger partial charge in [0.15, 0.2) is 0 Å². The van der Waals surface area contributed by atoms with Gasteiger partial charge in [-0.25, -0.2) is 4.79 Å². The Morgan fingerprint density at radius 2 is 2.05 bits per heavy atom. The van der Waals surface area contributed by atoms with Gasteiger partial charge in [-0.2, -0.15) is 0 Å². The van der Waals surface area contributed by atoms with Gasteiger partial charge in [0.2, 0.25) is 7.37 Å². The van der Waals surface area contributed by atoms with Crippen LogP contribution in [-0.2, 0) is 13.9 Å². The van der Waals surface area contributed by atoms with Gasteiger partial charge in [-0.15, -0.1) is 0 Å². The molecule has 0 aromatic rings. The number of rotatable bonds is 7. The average molecular weight is 286 g/mol. The topological polar surface area (TPSA) is 63.6 Å². The summed E-state index contributed by atoms with van der Waals surface area (Å²) in [5.41, 5.74) is 0.317. The Morgan fingerprint density at radius 1 is 1.47 bits per heavy atom. The molecule has 2 atom stereocenters. The van der Waals surface area contributed by atoms with Crippen LogP contribution < -0.4 is 0 Å². The summed E-state index contributed by atoms with van der Waals surface area (Å²) in [5.74, 6) is -0.585. The van der Waals surface area contributed by atoms with Crippen LogP contribution in [0.4, 0.5) is 0 Å². The first-order chi connectivity index (χ1) is 8.78. The highest BCUT2D eigenvalue weighted by Crippen LogP contribution is 2.70. The van der Waals surface area contributed by atoms with E-state index in [1.54, 1.807) is 6.08 Å². The highest BCUT2D eigenvalue weighted by molar-refractivity contribution is 7.60. The molecule has 19 heavy (non-hydrogen) atoms. The third-order valence-electron chi connectivity index (χ3n) is 4.01. The maximum atomic E-state index is 13.0. The van der Waals surface area contributed by atoms with E-state index < -0.39 is 13.3 Å². The Balaban J connectivity index is 2.15. The molecule has 0 radical (unpaired) electrons. The van der Waals surface area contributed by atoms with Gasteiger partial charge >= 0.3 is 5.97 Å². The molecule has 2 aliphatic carbocycles. The van der Waals surface area contributed by atoms with Crippen molar-refractivity contribution in [1.29, 1.82) is 0 Å². The lowest BCUT2D eigenvalue weighted by Crippen LogP contribution is -2.12. The molecule has 0 bridgehead atoms. The Labute approximate surface area is 114 Å². The third-order valence-corrected chi connectivity index (χ3v) is 7.32. The zero-order valence-corrected chi connectivity index (χ0v) is 12.8. The summed E-state index contributed by atoms with van der Waals surface area (Å²) < 4.78 is 18.5. The van der Waals surface area contributed by atoms with Gasteiger partial charge in [0, 0.05) is 11.2 Å².